The molecular weight excluding hydrogens is 628 g/mol. The molecule has 0 unspecified atom stereocenters. The smallest absolute Gasteiger partial charge is 0.0220 e. The first kappa shape index (κ1) is 12.1. The van der Waals surface area contributed by atoms with Crippen LogP contribution in [-0.4, -0.2) is 0 Å². The average molecular weight is 632 g/mol. The number of hydrogen-bond acceptors (Lipinski definition) is 0. The molecule has 0 aromatic heterocycles. The van der Waals surface area contributed by atoms with Crippen molar-refractivity contribution in [1.82, 2.24) is 0 Å². The van der Waals surface area contributed by atoms with E-state index in [1.807, 2.05) is 0 Å². The minimum absolute atomic E-state index is 1.30. The Morgan fingerprint density at radius 2 is 0.929 bits per heavy atom. The summed E-state index contributed by atoms with van der Waals surface area (Å²) in [6.45, 7) is 0. The van der Waals surface area contributed by atoms with E-state index in [0.29, 0.717) is 0 Å². The molecule has 14 heavy (non-hydrogen) atoms. The predicted molar refractivity (Wildman–Crippen MR) is 94.8 cm³/mol. The lowest BCUT2D eigenvalue weighted by atomic mass is 10.1. The van der Waals surface area contributed by atoms with Crippen molar-refractivity contribution >= 4 is 101 Å². The van der Waals surface area contributed by atoms with Crippen LogP contribution in [0.4, 0.5) is 0 Å². The fourth-order valence-electron chi connectivity index (χ4n) is 1.31. The van der Waals surface area contributed by atoms with Crippen LogP contribution in [0, 0.1) is 14.3 Å². The van der Waals surface area contributed by atoms with Crippen molar-refractivity contribution in [1.29, 1.82) is 0 Å². The summed E-state index contributed by atoms with van der Waals surface area (Å²) in [5.74, 6) is 0. The van der Waals surface area contributed by atoms with Gasteiger partial charge in [0, 0.05) is 14.3 Å². The molecule has 0 saturated carbocycles. The van der Waals surface area contributed by atoms with Crippen molar-refractivity contribution in [2.45, 2.75) is 0 Å². The second-order valence-electron chi connectivity index (χ2n) is 2.87. The lowest BCUT2D eigenvalue weighted by molar-refractivity contribution is 1.60. The monoisotopic (exact) mass is 632 g/mol. The fraction of sp³-hybridized carbons (Fsp3) is 0. The highest BCUT2D eigenvalue weighted by Gasteiger charge is 2.05. The SMILES string of the molecule is Ic1cc(I)c2cc(I)cc(I)c2c1. The van der Waals surface area contributed by atoms with Crippen LogP contribution in [0.25, 0.3) is 10.8 Å². The van der Waals surface area contributed by atoms with Gasteiger partial charge < -0.3 is 0 Å². The highest BCUT2D eigenvalue weighted by molar-refractivity contribution is 14.1. The molecule has 0 N–H and O–H groups in total. The van der Waals surface area contributed by atoms with Crippen LogP contribution in [-0.2, 0) is 0 Å². The summed E-state index contributed by atoms with van der Waals surface area (Å²) in [6, 6.07) is 8.93. The molecule has 4 heteroatoms. The summed E-state index contributed by atoms with van der Waals surface area (Å²) in [6.07, 6.45) is 0. The maximum absolute atomic E-state index is 2.41. The second kappa shape index (κ2) is 4.86. The summed E-state index contributed by atoms with van der Waals surface area (Å²) < 4.78 is 5.28. The minimum Gasteiger partial charge on any atom is -0.0443 e. The van der Waals surface area contributed by atoms with E-state index in [9.17, 15) is 0 Å². The number of hydrogen-bond donors (Lipinski definition) is 0. The van der Waals surface area contributed by atoms with Crippen LogP contribution in [0.1, 0.15) is 0 Å². The van der Waals surface area contributed by atoms with Gasteiger partial charge in [0.25, 0.3) is 0 Å². The first-order valence-corrected chi connectivity index (χ1v) is 8.13. The normalized spacial score (nSPS) is 10.9. The molecule has 0 radical (unpaired) electrons. The molecule has 0 saturated heterocycles. The number of benzene rings is 2. The molecule has 0 bridgehead atoms. The molecule has 0 heterocycles. The van der Waals surface area contributed by atoms with Gasteiger partial charge in [-0.15, -0.1) is 0 Å². The molecule has 0 aliphatic rings. The van der Waals surface area contributed by atoms with E-state index < -0.39 is 0 Å². The van der Waals surface area contributed by atoms with Crippen molar-refractivity contribution in [2.24, 2.45) is 0 Å². The van der Waals surface area contributed by atoms with E-state index in [0.717, 1.165) is 0 Å². The average Bonchev–Trinajstić information content (AvgIpc) is 2.07. The number of fused-ring (bicyclic) bond motifs is 1. The Balaban J connectivity index is 2.94. The Labute approximate surface area is 137 Å². The first-order valence-electron chi connectivity index (χ1n) is 3.82. The van der Waals surface area contributed by atoms with Crippen molar-refractivity contribution < 1.29 is 0 Å². The van der Waals surface area contributed by atoms with Gasteiger partial charge in [-0.25, -0.2) is 0 Å². The van der Waals surface area contributed by atoms with Crippen LogP contribution in [0.5, 0.6) is 0 Å². The molecular formula is C10H4I4. The summed E-state index contributed by atoms with van der Waals surface area (Å²) in [4.78, 5) is 0. The summed E-state index contributed by atoms with van der Waals surface area (Å²) in [5.41, 5.74) is 0. The first-order chi connectivity index (χ1) is 6.58. The van der Waals surface area contributed by atoms with E-state index in [4.69, 9.17) is 0 Å². The maximum atomic E-state index is 2.41. The van der Waals surface area contributed by atoms with Crippen molar-refractivity contribution in [3.8, 4) is 0 Å². The van der Waals surface area contributed by atoms with Gasteiger partial charge in [0.15, 0.2) is 0 Å². The van der Waals surface area contributed by atoms with Gasteiger partial charge in [0.05, 0.1) is 0 Å². The quantitative estimate of drug-likeness (QED) is 0.349. The van der Waals surface area contributed by atoms with E-state index in [2.05, 4.69) is 115 Å². The topological polar surface area (TPSA) is 0 Å². The second-order valence-corrected chi connectivity index (χ2v) is 7.69. The van der Waals surface area contributed by atoms with E-state index in [1.54, 1.807) is 0 Å². The molecule has 0 aliphatic carbocycles. The molecule has 0 atom stereocenters. The summed E-state index contributed by atoms with van der Waals surface area (Å²) in [7, 11) is 0. The molecule has 2 rings (SSSR count). The van der Waals surface area contributed by atoms with Gasteiger partial charge in [-0.1, -0.05) is 0 Å². The fourth-order valence-corrected chi connectivity index (χ4v) is 5.31. The highest BCUT2D eigenvalue weighted by Crippen LogP contribution is 2.29. The van der Waals surface area contributed by atoms with Crippen LogP contribution in [0.2, 0.25) is 0 Å². The molecule has 0 aliphatic heterocycles. The van der Waals surface area contributed by atoms with E-state index in [-0.39, 0.29) is 0 Å². The molecule has 0 nitrogen and oxygen atoms in total. The van der Waals surface area contributed by atoms with Crippen molar-refractivity contribution in [3.05, 3.63) is 38.5 Å². The predicted octanol–water partition coefficient (Wildman–Crippen LogP) is 5.26. The Morgan fingerprint density at radius 3 is 1.29 bits per heavy atom. The maximum Gasteiger partial charge on any atom is 0.0220 e. The van der Waals surface area contributed by atoms with Gasteiger partial charge in [-0.05, 0) is 125 Å². The molecule has 0 amide bonds. The highest BCUT2D eigenvalue weighted by atomic mass is 127. The minimum atomic E-state index is 1.30. The van der Waals surface area contributed by atoms with Gasteiger partial charge in [-0.3, -0.25) is 0 Å². The third-order valence-electron chi connectivity index (χ3n) is 1.90. The molecule has 0 fully saturated rings. The van der Waals surface area contributed by atoms with Gasteiger partial charge in [-0.2, -0.15) is 0 Å². The lowest BCUT2D eigenvalue weighted by Gasteiger charge is -2.05. The van der Waals surface area contributed by atoms with Crippen LogP contribution >= 0.6 is 90.4 Å². The Bertz CT molecular complexity index is 458. The van der Waals surface area contributed by atoms with E-state index >= 15 is 0 Å². The Hall–Kier alpha value is 1.62. The molecule has 0 spiro atoms. The summed E-state index contributed by atoms with van der Waals surface area (Å²) >= 11 is 9.55. The zero-order chi connectivity index (χ0) is 10.3. The van der Waals surface area contributed by atoms with E-state index in [1.165, 1.54) is 25.1 Å². The van der Waals surface area contributed by atoms with Crippen molar-refractivity contribution in [3.63, 3.8) is 0 Å². The van der Waals surface area contributed by atoms with Crippen LogP contribution in [0.15, 0.2) is 24.3 Å². The zero-order valence-corrected chi connectivity index (χ0v) is 15.5. The largest absolute Gasteiger partial charge is 0.0443 e. The number of rotatable bonds is 0. The zero-order valence-electron chi connectivity index (χ0n) is 6.82. The Morgan fingerprint density at radius 1 is 0.571 bits per heavy atom. The summed E-state index contributed by atoms with van der Waals surface area (Å²) in [5, 5.41) is 2.73. The van der Waals surface area contributed by atoms with Crippen LogP contribution < -0.4 is 0 Å². The Kier molecular flexibility index (Phi) is 4.20. The standard InChI is InChI=1S/C10H4I4/c11-5-1-7-8(10(14)3-5)2-6(12)4-9(7)13/h1-4H. The third kappa shape index (κ3) is 2.47. The van der Waals surface area contributed by atoms with Gasteiger partial charge >= 0.3 is 0 Å². The lowest BCUT2D eigenvalue weighted by Crippen LogP contribution is -1.86. The van der Waals surface area contributed by atoms with Gasteiger partial charge in [0.2, 0.25) is 0 Å². The molecule has 2 aromatic rings. The molecule has 2 aromatic carbocycles. The van der Waals surface area contributed by atoms with Gasteiger partial charge in [0.1, 0.15) is 0 Å². The van der Waals surface area contributed by atoms with Crippen molar-refractivity contribution in [2.75, 3.05) is 0 Å². The third-order valence-corrected chi connectivity index (χ3v) is 4.93. The van der Waals surface area contributed by atoms with Crippen LogP contribution in [0.3, 0.4) is 0 Å². The number of halogens is 4. The molecule has 72 valence electrons.